The fourth-order valence-corrected chi connectivity index (χ4v) is 5.13. The summed E-state index contributed by atoms with van der Waals surface area (Å²) in [7, 11) is 0. The first-order valence-electron chi connectivity index (χ1n) is 17.7. The van der Waals surface area contributed by atoms with Crippen LogP contribution in [-0.4, -0.2) is 89.6 Å². The summed E-state index contributed by atoms with van der Waals surface area (Å²) in [6, 6.07) is 0. The van der Waals surface area contributed by atoms with Crippen LogP contribution < -0.4 is 0 Å². The standard InChI is InChI=1S/C37H64O9/c1-3-4-5-6-7-8-9-10-11-12-13-14-15-16-17-18-19-20-21-22-23-24-25-26-27-43-29-32(45-31(2)39)30-44-37-36(42)35(41)34(40)33(28-38)46-37/h4-5,7-8,10-11,13-14,32-38,40-42H,3,6,9,12,15-30H2,1-2H3/b5-4-,8-7-,11-10-,14-13-. The summed E-state index contributed by atoms with van der Waals surface area (Å²) in [5, 5.41) is 39.2. The van der Waals surface area contributed by atoms with Gasteiger partial charge in [0.25, 0.3) is 0 Å². The number of unbranched alkanes of at least 4 members (excludes halogenated alkanes) is 11. The van der Waals surface area contributed by atoms with Crippen LogP contribution in [0, 0.1) is 0 Å². The van der Waals surface area contributed by atoms with Crippen LogP contribution >= 0.6 is 0 Å². The number of esters is 1. The molecule has 0 radical (unpaired) electrons. The zero-order valence-corrected chi connectivity index (χ0v) is 28.6. The van der Waals surface area contributed by atoms with Crippen LogP contribution in [0.3, 0.4) is 0 Å². The number of aliphatic hydroxyl groups is 4. The van der Waals surface area contributed by atoms with Crippen molar-refractivity contribution in [3.05, 3.63) is 48.6 Å². The monoisotopic (exact) mass is 652 g/mol. The van der Waals surface area contributed by atoms with Crippen LogP contribution in [0.1, 0.15) is 117 Å². The van der Waals surface area contributed by atoms with E-state index >= 15 is 0 Å². The molecule has 9 heteroatoms. The first-order chi connectivity index (χ1) is 22.4. The van der Waals surface area contributed by atoms with Crippen molar-refractivity contribution in [1.29, 1.82) is 0 Å². The van der Waals surface area contributed by atoms with Crippen LogP contribution in [0.25, 0.3) is 0 Å². The van der Waals surface area contributed by atoms with E-state index in [1.165, 1.54) is 71.1 Å². The predicted molar refractivity (Wildman–Crippen MR) is 182 cm³/mol. The molecule has 0 aromatic carbocycles. The summed E-state index contributed by atoms with van der Waals surface area (Å²) in [5.74, 6) is -0.493. The Bertz CT molecular complexity index is 839. The van der Waals surface area contributed by atoms with Crippen LogP contribution in [0.5, 0.6) is 0 Å². The summed E-state index contributed by atoms with van der Waals surface area (Å²) in [6.45, 7) is 3.43. The molecule has 46 heavy (non-hydrogen) atoms. The van der Waals surface area contributed by atoms with Gasteiger partial charge in [-0.15, -0.1) is 0 Å². The van der Waals surface area contributed by atoms with E-state index in [0.29, 0.717) is 6.61 Å². The Morgan fingerprint density at radius 1 is 0.696 bits per heavy atom. The molecule has 266 valence electrons. The number of carbonyl (C=O) groups excluding carboxylic acids is 1. The minimum atomic E-state index is -1.53. The van der Waals surface area contributed by atoms with Crippen molar-refractivity contribution in [3.8, 4) is 0 Å². The van der Waals surface area contributed by atoms with Gasteiger partial charge in [-0.1, -0.05) is 113 Å². The Balaban J connectivity index is 1.96. The Kier molecular flexibility index (Phi) is 26.9. The van der Waals surface area contributed by atoms with Crippen LogP contribution in [0.2, 0.25) is 0 Å². The SMILES string of the molecule is CC/C=C\C/C=C\C/C=C\C/C=C\CCCCCCCCCCCCCOCC(COC1OC(CO)C(O)C(O)C1O)OC(C)=O. The van der Waals surface area contributed by atoms with Gasteiger partial charge in [0.1, 0.15) is 30.5 Å². The molecule has 6 unspecified atom stereocenters. The number of rotatable bonds is 28. The molecule has 1 aliphatic heterocycles. The molecule has 0 aromatic rings. The van der Waals surface area contributed by atoms with Gasteiger partial charge in [-0.3, -0.25) is 4.79 Å². The summed E-state index contributed by atoms with van der Waals surface area (Å²) < 4.78 is 21.8. The molecule has 1 fully saturated rings. The fourth-order valence-electron chi connectivity index (χ4n) is 5.13. The molecule has 6 atom stereocenters. The topological polar surface area (TPSA) is 135 Å². The number of hydrogen-bond donors (Lipinski definition) is 4. The first-order valence-corrected chi connectivity index (χ1v) is 17.7. The molecule has 1 rings (SSSR count). The lowest BCUT2D eigenvalue weighted by Crippen LogP contribution is -2.59. The highest BCUT2D eigenvalue weighted by Crippen LogP contribution is 2.22. The molecule has 9 nitrogen and oxygen atoms in total. The van der Waals surface area contributed by atoms with E-state index in [9.17, 15) is 25.2 Å². The third-order valence-corrected chi connectivity index (χ3v) is 7.81. The Labute approximate surface area is 278 Å². The van der Waals surface area contributed by atoms with Gasteiger partial charge >= 0.3 is 5.97 Å². The van der Waals surface area contributed by atoms with Crippen molar-refractivity contribution in [2.24, 2.45) is 0 Å². The molecule has 1 saturated heterocycles. The number of hydrogen-bond acceptors (Lipinski definition) is 9. The van der Waals surface area contributed by atoms with E-state index in [1.807, 2.05) is 0 Å². The van der Waals surface area contributed by atoms with Crippen LogP contribution in [0.4, 0.5) is 0 Å². The quantitative estimate of drug-likeness (QED) is 0.0440. The van der Waals surface area contributed by atoms with Gasteiger partial charge in [-0.2, -0.15) is 0 Å². The summed E-state index contributed by atoms with van der Waals surface area (Å²) in [5.41, 5.74) is 0. The maximum Gasteiger partial charge on any atom is 0.303 e. The van der Waals surface area contributed by atoms with Crippen molar-refractivity contribution in [2.45, 2.75) is 153 Å². The first kappa shape index (κ1) is 42.2. The Hall–Kier alpha value is -1.85. The second-order valence-electron chi connectivity index (χ2n) is 12.0. The molecular formula is C37H64O9. The van der Waals surface area contributed by atoms with Gasteiger partial charge in [0, 0.05) is 13.5 Å². The number of ether oxygens (including phenoxy) is 4. The molecule has 4 N–H and O–H groups in total. The lowest BCUT2D eigenvalue weighted by atomic mass is 9.99. The normalized spacial score (nSPS) is 23.0. The third-order valence-electron chi connectivity index (χ3n) is 7.81. The molecule has 0 bridgehead atoms. The minimum absolute atomic E-state index is 0.125. The maximum absolute atomic E-state index is 11.5. The van der Waals surface area contributed by atoms with E-state index in [-0.39, 0.29) is 13.2 Å². The van der Waals surface area contributed by atoms with Gasteiger partial charge in [-0.05, 0) is 44.9 Å². The Morgan fingerprint density at radius 2 is 1.22 bits per heavy atom. The van der Waals surface area contributed by atoms with E-state index in [4.69, 9.17) is 18.9 Å². The van der Waals surface area contributed by atoms with Crippen molar-refractivity contribution in [1.82, 2.24) is 0 Å². The molecule has 0 aromatic heterocycles. The highest BCUT2D eigenvalue weighted by Gasteiger charge is 2.44. The van der Waals surface area contributed by atoms with E-state index in [1.54, 1.807) is 0 Å². The molecule has 0 amide bonds. The fraction of sp³-hybridized carbons (Fsp3) is 0.757. The summed E-state index contributed by atoms with van der Waals surface area (Å²) in [6.07, 6.45) is 29.3. The lowest BCUT2D eigenvalue weighted by Gasteiger charge is -2.39. The largest absolute Gasteiger partial charge is 0.458 e. The molecular weight excluding hydrogens is 588 g/mol. The lowest BCUT2D eigenvalue weighted by molar-refractivity contribution is -0.305. The number of aliphatic hydroxyl groups excluding tert-OH is 4. The minimum Gasteiger partial charge on any atom is -0.458 e. The predicted octanol–water partition coefficient (Wildman–Crippen LogP) is 6.24. The average molecular weight is 653 g/mol. The third kappa shape index (κ3) is 21.9. The van der Waals surface area contributed by atoms with Crippen molar-refractivity contribution in [3.63, 3.8) is 0 Å². The molecule has 1 aliphatic rings. The molecule has 0 saturated carbocycles. The van der Waals surface area contributed by atoms with Gasteiger partial charge in [0.15, 0.2) is 6.29 Å². The number of allylic oxidation sites excluding steroid dienone is 8. The van der Waals surface area contributed by atoms with Crippen molar-refractivity contribution >= 4 is 5.97 Å². The summed E-state index contributed by atoms with van der Waals surface area (Å²) >= 11 is 0. The van der Waals surface area contributed by atoms with Crippen molar-refractivity contribution in [2.75, 3.05) is 26.4 Å². The highest BCUT2D eigenvalue weighted by atomic mass is 16.7. The van der Waals surface area contributed by atoms with Gasteiger partial charge in [0.05, 0.1) is 19.8 Å². The second-order valence-corrected chi connectivity index (χ2v) is 12.0. The highest BCUT2D eigenvalue weighted by molar-refractivity contribution is 5.66. The van der Waals surface area contributed by atoms with Crippen LogP contribution in [0.15, 0.2) is 48.6 Å². The summed E-state index contributed by atoms with van der Waals surface area (Å²) in [4.78, 5) is 11.5. The molecule has 0 aliphatic carbocycles. The second kappa shape index (κ2) is 29.3. The van der Waals surface area contributed by atoms with Gasteiger partial charge in [0.2, 0.25) is 0 Å². The Morgan fingerprint density at radius 3 is 1.76 bits per heavy atom. The van der Waals surface area contributed by atoms with E-state index < -0.39 is 49.4 Å². The average Bonchev–Trinajstić information content (AvgIpc) is 3.04. The van der Waals surface area contributed by atoms with Gasteiger partial charge in [-0.25, -0.2) is 0 Å². The van der Waals surface area contributed by atoms with E-state index in [2.05, 4.69) is 55.5 Å². The molecule has 1 heterocycles. The van der Waals surface area contributed by atoms with Crippen molar-refractivity contribution < 1.29 is 44.2 Å². The zero-order chi connectivity index (χ0) is 33.7. The van der Waals surface area contributed by atoms with Gasteiger partial charge < -0.3 is 39.4 Å². The molecule has 0 spiro atoms. The number of carbonyl (C=O) groups is 1. The van der Waals surface area contributed by atoms with E-state index in [0.717, 1.165) is 38.5 Å². The van der Waals surface area contributed by atoms with Crippen LogP contribution in [-0.2, 0) is 23.7 Å². The zero-order valence-electron chi connectivity index (χ0n) is 28.6. The maximum atomic E-state index is 11.5. The smallest absolute Gasteiger partial charge is 0.303 e.